The first-order valence-electron chi connectivity index (χ1n) is 6.04. The van der Waals surface area contributed by atoms with Crippen LogP contribution in [0.5, 0.6) is 0 Å². The Hall–Kier alpha value is -1.87. The van der Waals surface area contributed by atoms with Crippen LogP contribution in [0.3, 0.4) is 0 Å². The van der Waals surface area contributed by atoms with Crippen molar-refractivity contribution in [1.29, 1.82) is 0 Å². The summed E-state index contributed by atoms with van der Waals surface area (Å²) in [7, 11) is 1.99. The number of para-hydroxylation sites is 1. The normalized spacial score (nSPS) is 12.2. The lowest BCUT2D eigenvalue weighted by atomic mass is 10.1. The number of aliphatic hydroxyl groups is 1. The maximum Gasteiger partial charge on any atom is 0.132 e. The van der Waals surface area contributed by atoms with Crippen LogP contribution >= 0.6 is 0 Å². The van der Waals surface area contributed by atoms with Crippen molar-refractivity contribution in [3.05, 3.63) is 53.7 Å². The van der Waals surface area contributed by atoms with E-state index in [0.717, 1.165) is 22.8 Å². The standard InChI is InChI=1S/C15H18N2O/c1-11-14(12(2)18)9-10-15(16-11)17(3)13-7-5-4-6-8-13/h4-10,12,18H,1-3H3/t12-/m0/s1. The van der Waals surface area contributed by atoms with Gasteiger partial charge in [-0.25, -0.2) is 4.98 Å². The van der Waals surface area contributed by atoms with Crippen molar-refractivity contribution in [3.8, 4) is 0 Å². The first kappa shape index (κ1) is 12.6. The molecule has 0 radical (unpaired) electrons. The molecule has 3 heteroatoms. The van der Waals surface area contributed by atoms with Crippen LogP contribution < -0.4 is 4.90 Å². The number of nitrogens with zero attached hydrogens (tertiary/aromatic N) is 2. The summed E-state index contributed by atoms with van der Waals surface area (Å²) in [5.41, 5.74) is 2.83. The zero-order valence-electron chi connectivity index (χ0n) is 11.0. The van der Waals surface area contributed by atoms with Gasteiger partial charge < -0.3 is 10.0 Å². The molecule has 1 aromatic heterocycles. The van der Waals surface area contributed by atoms with Gasteiger partial charge in [0.2, 0.25) is 0 Å². The first-order chi connectivity index (χ1) is 8.59. The third kappa shape index (κ3) is 2.51. The van der Waals surface area contributed by atoms with Gasteiger partial charge in [0.05, 0.1) is 6.10 Å². The molecule has 2 rings (SSSR count). The molecule has 0 spiro atoms. The van der Waals surface area contributed by atoms with Crippen LogP contribution in [-0.2, 0) is 0 Å². The highest BCUT2D eigenvalue weighted by molar-refractivity contribution is 5.59. The molecule has 0 saturated carbocycles. The maximum absolute atomic E-state index is 9.60. The zero-order valence-corrected chi connectivity index (χ0v) is 11.0. The summed E-state index contributed by atoms with van der Waals surface area (Å²) in [5, 5.41) is 9.60. The third-order valence-corrected chi connectivity index (χ3v) is 3.05. The molecule has 1 heterocycles. The lowest BCUT2D eigenvalue weighted by Crippen LogP contribution is -2.12. The van der Waals surface area contributed by atoms with Crippen LogP contribution in [0.25, 0.3) is 0 Å². The average Bonchev–Trinajstić information content (AvgIpc) is 2.38. The minimum absolute atomic E-state index is 0.478. The molecular weight excluding hydrogens is 224 g/mol. The fraction of sp³-hybridized carbons (Fsp3) is 0.267. The van der Waals surface area contributed by atoms with Crippen LogP contribution in [0.2, 0.25) is 0 Å². The van der Waals surface area contributed by atoms with Gasteiger partial charge in [0, 0.05) is 24.0 Å². The highest BCUT2D eigenvalue weighted by Crippen LogP contribution is 2.24. The second-order valence-electron chi connectivity index (χ2n) is 4.41. The molecule has 0 saturated heterocycles. The van der Waals surface area contributed by atoms with Gasteiger partial charge in [-0.3, -0.25) is 0 Å². The van der Waals surface area contributed by atoms with Crippen molar-refractivity contribution in [2.24, 2.45) is 0 Å². The molecule has 1 atom stereocenters. The minimum Gasteiger partial charge on any atom is -0.389 e. The van der Waals surface area contributed by atoms with Crippen LogP contribution in [0.15, 0.2) is 42.5 Å². The van der Waals surface area contributed by atoms with Crippen molar-refractivity contribution in [2.45, 2.75) is 20.0 Å². The molecule has 0 amide bonds. The number of rotatable bonds is 3. The lowest BCUT2D eigenvalue weighted by Gasteiger charge is -2.20. The van der Waals surface area contributed by atoms with E-state index in [1.54, 1.807) is 6.92 Å². The molecule has 0 aliphatic rings. The Kier molecular flexibility index (Phi) is 3.63. The Morgan fingerprint density at radius 1 is 1.11 bits per heavy atom. The van der Waals surface area contributed by atoms with Crippen molar-refractivity contribution >= 4 is 11.5 Å². The Morgan fingerprint density at radius 2 is 1.78 bits per heavy atom. The summed E-state index contributed by atoms with van der Waals surface area (Å²) in [5.74, 6) is 0.878. The molecule has 3 nitrogen and oxygen atoms in total. The van der Waals surface area contributed by atoms with Crippen molar-refractivity contribution in [1.82, 2.24) is 4.98 Å². The number of hydrogen-bond acceptors (Lipinski definition) is 3. The van der Waals surface area contributed by atoms with E-state index in [9.17, 15) is 5.11 Å². The number of aryl methyl sites for hydroxylation is 1. The molecular formula is C15H18N2O. The second-order valence-corrected chi connectivity index (χ2v) is 4.41. The van der Waals surface area contributed by atoms with Crippen LogP contribution in [0.4, 0.5) is 11.5 Å². The van der Waals surface area contributed by atoms with E-state index < -0.39 is 6.10 Å². The molecule has 94 valence electrons. The SMILES string of the molecule is Cc1nc(N(C)c2ccccc2)ccc1[C@H](C)O. The Labute approximate surface area is 108 Å². The maximum atomic E-state index is 9.60. The van der Waals surface area contributed by atoms with Gasteiger partial charge in [0.25, 0.3) is 0 Å². The van der Waals surface area contributed by atoms with E-state index in [4.69, 9.17) is 0 Å². The number of pyridine rings is 1. The van der Waals surface area contributed by atoms with Crippen LogP contribution in [-0.4, -0.2) is 17.1 Å². The summed E-state index contributed by atoms with van der Waals surface area (Å²) in [6.07, 6.45) is -0.478. The van der Waals surface area contributed by atoms with Gasteiger partial charge in [0.1, 0.15) is 5.82 Å². The predicted octanol–water partition coefficient (Wildman–Crippen LogP) is 3.21. The topological polar surface area (TPSA) is 36.4 Å². The number of aliphatic hydroxyl groups excluding tert-OH is 1. The monoisotopic (exact) mass is 242 g/mol. The van der Waals surface area contributed by atoms with Gasteiger partial charge in [-0.05, 0) is 32.0 Å². The average molecular weight is 242 g/mol. The summed E-state index contributed by atoms with van der Waals surface area (Å²) >= 11 is 0. The third-order valence-electron chi connectivity index (χ3n) is 3.05. The molecule has 1 N–H and O–H groups in total. The minimum atomic E-state index is -0.478. The van der Waals surface area contributed by atoms with E-state index in [1.165, 1.54) is 0 Å². The highest BCUT2D eigenvalue weighted by Gasteiger charge is 2.10. The molecule has 2 aromatic rings. The second kappa shape index (κ2) is 5.19. The first-order valence-corrected chi connectivity index (χ1v) is 6.04. The lowest BCUT2D eigenvalue weighted by molar-refractivity contribution is 0.198. The van der Waals surface area contributed by atoms with E-state index in [1.807, 2.05) is 61.3 Å². The number of anilines is 2. The van der Waals surface area contributed by atoms with Gasteiger partial charge in [0.15, 0.2) is 0 Å². The highest BCUT2D eigenvalue weighted by atomic mass is 16.3. The van der Waals surface area contributed by atoms with E-state index in [0.29, 0.717) is 0 Å². The summed E-state index contributed by atoms with van der Waals surface area (Å²) in [4.78, 5) is 6.56. The van der Waals surface area contributed by atoms with E-state index in [2.05, 4.69) is 4.98 Å². The van der Waals surface area contributed by atoms with Gasteiger partial charge in [-0.15, -0.1) is 0 Å². The van der Waals surface area contributed by atoms with Crippen molar-refractivity contribution in [3.63, 3.8) is 0 Å². The summed E-state index contributed by atoms with van der Waals surface area (Å²) in [6.45, 7) is 3.68. The van der Waals surface area contributed by atoms with E-state index in [-0.39, 0.29) is 0 Å². The van der Waals surface area contributed by atoms with Crippen LogP contribution in [0, 0.1) is 6.92 Å². The van der Waals surface area contributed by atoms with Crippen molar-refractivity contribution in [2.75, 3.05) is 11.9 Å². The molecule has 0 fully saturated rings. The van der Waals surface area contributed by atoms with Gasteiger partial charge in [-0.2, -0.15) is 0 Å². The van der Waals surface area contributed by atoms with Gasteiger partial charge >= 0.3 is 0 Å². The number of hydrogen-bond donors (Lipinski definition) is 1. The van der Waals surface area contributed by atoms with Crippen molar-refractivity contribution < 1.29 is 5.11 Å². The largest absolute Gasteiger partial charge is 0.389 e. The molecule has 0 bridgehead atoms. The fourth-order valence-corrected chi connectivity index (χ4v) is 1.97. The molecule has 1 aromatic carbocycles. The molecule has 18 heavy (non-hydrogen) atoms. The van der Waals surface area contributed by atoms with E-state index >= 15 is 0 Å². The number of benzene rings is 1. The molecule has 0 aliphatic heterocycles. The molecule has 0 aliphatic carbocycles. The summed E-state index contributed by atoms with van der Waals surface area (Å²) < 4.78 is 0. The molecule has 0 unspecified atom stereocenters. The fourth-order valence-electron chi connectivity index (χ4n) is 1.97. The smallest absolute Gasteiger partial charge is 0.132 e. The predicted molar refractivity (Wildman–Crippen MR) is 74.1 cm³/mol. The Morgan fingerprint density at radius 3 is 2.33 bits per heavy atom. The summed E-state index contributed by atoms with van der Waals surface area (Å²) in [6, 6.07) is 13.9. The van der Waals surface area contributed by atoms with Gasteiger partial charge in [-0.1, -0.05) is 24.3 Å². The quantitative estimate of drug-likeness (QED) is 0.897. The Balaban J connectivity index is 2.32. The van der Waals surface area contributed by atoms with Crippen LogP contribution in [0.1, 0.15) is 24.3 Å². The Bertz CT molecular complexity index is 523. The number of aromatic nitrogens is 1. The zero-order chi connectivity index (χ0) is 13.1.